The smallest absolute Gasteiger partial charge is 0.263 e. The van der Waals surface area contributed by atoms with Crippen LogP contribution in [-0.2, 0) is 25.1 Å². The molecule has 1 aliphatic carbocycles. The highest BCUT2D eigenvalue weighted by molar-refractivity contribution is 7.98. The first kappa shape index (κ1) is 18.7. The Bertz CT molecular complexity index is 1030. The van der Waals surface area contributed by atoms with Gasteiger partial charge in [0.15, 0.2) is 5.16 Å². The Morgan fingerprint density at radius 3 is 2.74 bits per heavy atom. The lowest BCUT2D eigenvalue weighted by molar-refractivity contribution is 0.392. The van der Waals surface area contributed by atoms with Gasteiger partial charge in [-0.05, 0) is 51.0 Å². The van der Waals surface area contributed by atoms with E-state index in [0.717, 1.165) is 45.2 Å². The number of hydrogen-bond acceptors (Lipinski definition) is 6. The van der Waals surface area contributed by atoms with Crippen LogP contribution in [-0.4, -0.2) is 14.7 Å². The van der Waals surface area contributed by atoms with Crippen molar-refractivity contribution in [2.45, 2.75) is 70.8 Å². The van der Waals surface area contributed by atoms with Gasteiger partial charge in [0.25, 0.3) is 5.56 Å². The third-order valence-corrected chi connectivity index (χ3v) is 7.30. The van der Waals surface area contributed by atoms with E-state index >= 15 is 0 Å². The second kappa shape index (κ2) is 7.43. The summed E-state index contributed by atoms with van der Waals surface area (Å²) in [5.41, 5.74) is 3.40. The molecule has 3 aromatic rings. The van der Waals surface area contributed by atoms with Crippen LogP contribution in [0, 0.1) is 19.8 Å². The van der Waals surface area contributed by atoms with Crippen molar-refractivity contribution in [3.8, 4) is 0 Å². The van der Waals surface area contributed by atoms with Crippen molar-refractivity contribution in [3.63, 3.8) is 0 Å². The summed E-state index contributed by atoms with van der Waals surface area (Å²) in [6.07, 6.45) is 4.49. The van der Waals surface area contributed by atoms with E-state index in [2.05, 4.69) is 19.0 Å². The van der Waals surface area contributed by atoms with Crippen molar-refractivity contribution in [2.24, 2.45) is 5.92 Å². The Balaban J connectivity index is 1.79. The fourth-order valence-corrected chi connectivity index (χ4v) is 6.17. The number of fused-ring (bicyclic) bond motifs is 3. The normalized spacial score (nSPS) is 14.3. The van der Waals surface area contributed by atoms with Gasteiger partial charge in [-0.1, -0.05) is 30.8 Å². The Morgan fingerprint density at radius 1 is 1.26 bits per heavy atom. The predicted octanol–water partition coefficient (Wildman–Crippen LogP) is 4.89. The van der Waals surface area contributed by atoms with Crippen molar-refractivity contribution in [3.05, 3.63) is 37.8 Å². The number of nitrogens with zero attached hydrogens (tertiary/aromatic N) is 3. The summed E-state index contributed by atoms with van der Waals surface area (Å²) >= 11 is 3.33. The summed E-state index contributed by atoms with van der Waals surface area (Å²) in [6, 6.07) is 0. The summed E-state index contributed by atoms with van der Waals surface area (Å²) in [4.78, 5) is 20.6. The Hall–Kier alpha value is -1.60. The molecule has 0 radical (unpaired) electrons. The van der Waals surface area contributed by atoms with E-state index in [0.29, 0.717) is 18.2 Å². The van der Waals surface area contributed by atoms with Gasteiger partial charge in [-0.2, -0.15) is 0 Å². The zero-order valence-corrected chi connectivity index (χ0v) is 17.9. The standard InChI is InChI=1S/C20H25N3O2S2/c1-11(2)9-23-19(24)17-14-7-5-6-8-16(14)27-18(17)21-20(23)26-10-15-12(3)22-25-13(15)4/h11H,5-10H2,1-4H3. The van der Waals surface area contributed by atoms with E-state index < -0.39 is 0 Å². The summed E-state index contributed by atoms with van der Waals surface area (Å²) in [7, 11) is 0. The van der Waals surface area contributed by atoms with E-state index in [1.807, 2.05) is 18.4 Å². The average molecular weight is 404 g/mol. The third-order valence-electron chi connectivity index (χ3n) is 5.11. The quantitative estimate of drug-likeness (QED) is 0.448. The van der Waals surface area contributed by atoms with Crippen LogP contribution >= 0.6 is 23.1 Å². The van der Waals surface area contributed by atoms with Crippen molar-refractivity contribution in [1.29, 1.82) is 0 Å². The highest BCUT2D eigenvalue weighted by Crippen LogP contribution is 2.35. The minimum atomic E-state index is 0.134. The number of thiophene rings is 1. The maximum absolute atomic E-state index is 13.4. The first-order chi connectivity index (χ1) is 13.0. The van der Waals surface area contributed by atoms with Gasteiger partial charge < -0.3 is 4.52 Å². The number of rotatable bonds is 5. The van der Waals surface area contributed by atoms with Crippen LogP contribution in [0.15, 0.2) is 14.5 Å². The lowest BCUT2D eigenvalue weighted by Crippen LogP contribution is -2.25. The maximum atomic E-state index is 13.4. The molecule has 3 aromatic heterocycles. The zero-order chi connectivity index (χ0) is 19.1. The molecule has 1 aliphatic rings. The number of hydrogen-bond donors (Lipinski definition) is 0. The van der Waals surface area contributed by atoms with E-state index in [-0.39, 0.29) is 5.56 Å². The Labute approximate surface area is 167 Å². The molecule has 4 rings (SSSR count). The van der Waals surface area contributed by atoms with Gasteiger partial charge in [0.05, 0.1) is 11.1 Å². The highest BCUT2D eigenvalue weighted by Gasteiger charge is 2.23. The SMILES string of the molecule is Cc1noc(C)c1CSc1nc2sc3c(c2c(=O)n1CC(C)C)CCCC3. The molecular weight excluding hydrogens is 378 g/mol. The molecule has 0 unspecified atom stereocenters. The fraction of sp³-hybridized carbons (Fsp3) is 0.550. The van der Waals surface area contributed by atoms with Crippen LogP contribution in [0.4, 0.5) is 0 Å². The zero-order valence-electron chi connectivity index (χ0n) is 16.3. The molecule has 0 amide bonds. The summed E-state index contributed by atoms with van der Waals surface area (Å²) in [5.74, 6) is 1.93. The van der Waals surface area contributed by atoms with Gasteiger partial charge in [0, 0.05) is 22.7 Å². The van der Waals surface area contributed by atoms with E-state index in [4.69, 9.17) is 9.51 Å². The minimum absolute atomic E-state index is 0.134. The van der Waals surface area contributed by atoms with Crippen LogP contribution in [0.2, 0.25) is 0 Å². The van der Waals surface area contributed by atoms with Crippen LogP contribution in [0.25, 0.3) is 10.2 Å². The summed E-state index contributed by atoms with van der Waals surface area (Å²) in [6.45, 7) is 8.86. The van der Waals surface area contributed by atoms with Gasteiger partial charge in [0.2, 0.25) is 0 Å². The second-order valence-corrected chi connectivity index (χ2v) is 9.71. The van der Waals surface area contributed by atoms with Gasteiger partial charge in [-0.15, -0.1) is 11.3 Å². The molecule has 0 N–H and O–H groups in total. The molecule has 0 saturated heterocycles. The molecule has 5 nitrogen and oxygen atoms in total. The lowest BCUT2D eigenvalue weighted by Gasteiger charge is -2.15. The topological polar surface area (TPSA) is 60.9 Å². The largest absolute Gasteiger partial charge is 0.361 e. The first-order valence-electron chi connectivity index (χ1n) is 9.55. The Kier molecular flexibility index (Phi) is 5.16. The van der Waals surface area contributed by atoms with Crippen molar-refractivity contribution in [2.75, 3.05) is 0 Å². The molecule has 0 saturated carbocycles. The van der Waals surface area contributed by atoms with Gasteiger partial charge in [-0.3, -0.25) is 9.36 Å². The monoisotopic (exact) mass is 403 g/mol. The summed E-state index contributed by atoms with van der Waals surface area (Å²) in [5, 5.41) is 5.71. The third kappa shape index (κ3) is 3.47. The molecular formula is C20H25N3O2S2. The molecule has 0 spiro atoms. The minimum Gasteiger partial charge on any atom is -0.361 e. The van der Waals surface area contributed by atoms with Crippen molar-refractivity contribution >= 4 is 33.3 Å². The van der Waals surface area contributed by atoms with Gasteiger partial charge >= 0.3 is 0 Å². The lowest BCUT2D eigenvalue weighted by atomic mass is 9.97. The second-order valence-electron chi connectivity index (χ2n) is 7.69. The predicted molar refractivity (Wildman–Crippen MR) is 111 cm³/mol. The number of thioether (sulfide) groups is 1. The molecule has 0 bridgehead atoms. The Morgan fingerprint density at radius 2 is 2.04 bits per heavy atom. The van der Waals surface area contributed by atoms with Gasteiger partial charge in [-0.25, -0.2) is 4.98 Å². The van der Waals surface area contributed by atoms with Crippen molar-refractivity contribution in [1.82, 2.24) is 14.7 Å². The van der Waals surface area contributed by atoms with Crippen molar-refractivity contribution < 1.29 is 4.52 Å². The molecule has 27 heavy (non-hydrogen) atoms. The van der Waals surface area contributed by atoms with E-state index in [9.17, 15) is 4.79 Å². The van der Waals surface area contributed by atoms with Crippen LogP contribution in [0.1, 0.15) is 54.1 Å². The van der Waals surface area contributed by atoms with Gasteiger partial charge in [0.1, 0.15) is 10.6 Å². The fourth-order valence-electron chi connectivity index (χ4n) is 3.70. The number of aromatic nitrogens is 3. The molecule has 0 atom stereocenters. The molecule has 144 valence electrons. The maximum Gasteiger partial charge on any atom is 0.263 e. The highest BCUT2D eigenvalue weighted by atomic mass is 32.2. The molecule has 7 heteroatoms. The molecule has 0 aliphatic heterocycles. The molecule has 3 heterocycles. The first-order valence-corrected chi connectivity index (χ1v) is 11.4. The van der Waals surface area contributed by atoms with Crippen LogP contribution in [0.5, 0.6) is 0 Å². The van der Waals surface area contributed by atoms with E-state index in [1.165, 1.54) is 23.3 Å². The molecule has 0 fully saturated rings. The van der Waals surface area contributed by atoms with Crippen LogP contribution in [0.3, 0.4) is 0 Å². The number of aryl methyl sites for hydroxylation is 4. The molecule has 0 aromatic carbocycles. The van der Waals surface area contributed by atoms with E-state index in [1.54, 1.807) is 23.1 Å². The summed E-state index contributed by atoms with van der Waals surface area (Å²) < 4.78 is 7.16. The average Bonchev–Trinajstić information content (AvgIpc) is 3.15. The van der Waals surface area contributed by atoms with Crippen LogP contribution < -0.4 is 5.56 Å².